The van der Waals surface area contributed by atoms with Gasteiger partial charge in [-0.05, 0) is 18.3 Å². The number of hydrogen-bond donors (Lipinski definition) is 2. The van der Waals surface area contributed by atoms with E-state index in [1.807, 2.05) is 13.8 Å². The molecule has 0 heterocycles. The van der Waals surface area contributed by atoms with Gasteiger partial charge in [0.05, 0.1) is 19.1 Å². The Balaban J connectivity index is 4.37. The van der Waals surface area contributed by atoms with E-state index in [9.17, 15) is 4.79 Å². The molecule has 0 rings (SSSR count). The Hall–Kier alpha value is -0.610. The van der Waals surface area contributed by atoms with Crippen LogP contribution in [0.5, 0.6) is 0 Å². The van der Waals surface area contributed by atoms with Crippen molar-refractivity contribution in [2.45, 2.75) is 40.2 Å². The van der Waals surface area contributed by atoms with Gasteiger partial charge in [0, 0.05) is 0 Å². The molecule has 0 aromatic carbocycles. The van der Waals surface area contributed by atoms with Crippen LogP contribution < -0.4 is 0 Å². The molecule has 4 nitrogen and oxygen atoms in total. The molecule has 96 valence electrons. The lowest BCUT2D eigenvalue weighted by molar-refractivity contribution is -0.160. The van der Waals surface area contributed by atoms with Crippen molar-refractivity contribution in [1.29, 1.82) is 0 Å². The van der Waals surface area contributed by atoms with Crippen molar-refractivity contribution in [1.82, 2.24) is 0 Å². The van der Waals surface area contributed by atoms with Gasteiger partial charge in [-0.2, -0.15) is 0 Å². The molecule has 0 aromatic heterocycles. The molecule has 1 atom stereocenters. The largest absolute Gasteiger partial charge is 0.457 e. The predicted molar refractivity (Wildman–Crippen MR) is 61.8 cm³/mol. The van der Waals surface area contributed by atoms with Crippen molar-refractivity contribution >= 4 is 5.97 Å². The third kappa shape index (κ3) is 5.47. The Morgan fingerprint density at radius 1 is 1.12 bits per heavy atom. The van der Waals surface area contributed by atoms with Crippen LogP contribution in [0.15, 0.2) is 0 Å². The van der Waals surface area contributed by atoms with Gasteiger partial charge in [-0.25, -0.2) is 0 Å². The molecule has 0 saturated heterocycles. The summed E-state index contributed by atoms with van der Waals surface area (Å²) in [4.78, 5) is 11.8. The number of rotatable bonds is 7. The molecular weight excluding hydrogens is 208 g/mol. The van der Waals surface area contributed by atoms with Gasteiger partial charge in [0.1, 0.15) is 6.10 Å². The summed E-state index contributed by atoms with van der Waals surface area (Å²) in [6.45, 7) is 7.38. The molecule has 0 spiro atoms. The second kappa shape index (κ2) is 7.63. The predicted octanol–water partition coefficient (Wildman–Crippen LogP) is 1.20. The van der Waals surface area contributed by atoms with E-state index < -0.39 is 6.10 Å². The van der Waals surface area contributed by atoms with E-state index in [1.165, 1.54) is 0 Å². The molecular formula is C12H24O4. The number of ether oxygens (including phenoxy) is 1. The highest BCUT2D eigenvalue weighted by Crippen LogP contribution is 2.22. The maximum absolute atomic E-state index is 11.8. The molecule has 2 N–H and O–H groups in total. The first-order valence-electron chi connectivity index (χ1n) is 5.84. The normalized spacial score (nSPS) is 13.6. The van der Waals surface area contributed by atoms with Gasteiger partial charge in [0.15, 0.2) is 0 Å². The van der Waals surface area contributed by atoms with Crippen molar-refractivity contribution < 1.29 is 19.7 Å². The van der Waals surface area contributed by atoms with Crippen molar-refractivity contribution in [3.8, 4) is 0 Å². The van der Waals surface area contributed by atoms with Crippen molar-refractivity contribution in [2.24, 2.45) is 17.8 Å². The lowest BCUT2D eigenvalue weighted by Gasteiger charge is -2.23. The zero-order valence-corrected chi connectivity index (χ0v) is 10.6. The number of carbonyl (C=O) groups is 1. The van der Waals surface area contributed by atoms with Crippen LogP contribution >= 0.6 is 0 Å². The highest BCUT2D eigenvalue weighted by Gasteiger charge is 2.26. The Bertz CT molecular complexity index is 197. The Morgan fingerprint density at radius 2 is 1.62 bits per heavy atom. The number of hydrogen-bond acceptors (Lipinski definition) is 4. The van der Waals surface area contributed by atoms with E-state index >= 15 is 0 Å². The van der Waals surface area contributed by atoms with Crippen molar-refractivity contribution in [3.63, 3.8) is 0 Å². The van der Waals surface area contributed by atoms with Gasteiger partial charge in [-0.3, -0.25) is 4.79 Å². The minimum atomic E-state index is -0.791. The maximum Gasteiger partial charge on any atom is 0.309 e. The molecule has 0 aromatic rings. The van der Waals surface area contributed by atoms with Crippen LogP contribution in [0.1, 0.15) is 34.1 Å². The average molecular weight is 232 g/mol. The Labute approximate surface area is 97.6 Å². The monoisotopic (exact) mass is 232 g/mol. The molecule has 0 fully saturated rings. The SMILES string of the molecule is CC(C)CC(C(=O)OC(CO)CO)C(C)C. The lowest BCUT2D eigenvalue weighted by Crippen LogP contribution is -2.32. The van der Waals surface area contributed by atoms with E-state index in [0.717, 1.165) is 6.42 Å². The molecule has 0 bridgehead atoms. The van der Waals surface area contributed by atoms with Gasteiger partial charge >= 0.3 is 5.97 Å². The molecule has 0 radical (unpaired) electrons. The fourth-order valence-electron chi connectivity index (χ4n) is 1.53. The molecule has 0 saturated carbocycles. The smallest absolute Gasteiger partial charge is 0.309 e. The van der Waals surface area contributed by atoms with Gasteiger partial charge in [0.25, 0.3) is 0 Å². The van der Waals surface area contributed by atoms with Gasteiger partial charge in [-0.15, -0.1) is 0 Å². The summed E-state index contributed by atoms with van der Waals surface area (Å²) in [5, 5.41) is 17.7. The zero-order chi connectivity index (χ0) is 12.7. The molecule has 0 amide bonds. The topological polar surface area (TPSA) is 66.8 Å². The van der Waals surface area contributed by atoms with Crippen LogP contribution in [-0.4, -0.2) is 35.5 Å². The third-order valence-electron chi connectivity index (χ3n) is 2.52. The Morgan fingerprint density at radius 3 is 1.94 bits per heavy atom. The van der Waals surface area contributed by atoms with Crippen LogP contribution in [-0.2, 0) is 9.53 Å². The van der Waals surface area contributed by atoms with Crippen molar-refractivity contribution in [3.05, 3.63) is 0 Å². The minimum absolute atomic E-state index is 0.166. The van der Waals surface area contributed by atoms with Gasteiger partial charge < -0.3 is 14.9 Å². The summed E-state index contributed by atoms with van der Waals surface area (Å²) in [5.41, 5.74) is 0. The van der Waals surface area contributed by atoms with Crippen molar-refractivity contribution in [2.75, 3.05) is 13.2 Å². The molecule has 1 unspecified atom stereocenters. The molecule has 4 heteroatoms. The number of carbonyl (C=O) groups excluding carboxylic acids is 1. The maximum atomic E-state index is 11.8. The van der Waals surface area contributed by atoms with Crippen LogP contribution in [0.4, 0.5) is 0 Å². The first-order chi connectivity index (χ1) is 7.42. The summed E-state index contributed by atoms with van der Waals surface area (Å²) in [5.74, 6) is 0.131. The lowest BCUT2D eigenvalue weighted by atomic mass is 9.88. The van der Waals surface area contributed by atoms with Crippen LogP contribution in [0.3, 0.4) is 0 Å². The van der Waals surface area contributed by atoms with E-state index in [1.54, 1.807) is 0 Å². The number of aliphatic hydroxyl groups is 2. The van der Waals surface area contributed by atoms with E-state index in [0.29, 0.717) is 5.92 Å². The molecule has 0 aliphatic carbocycles. The quantitative estimate of drug-likeness (QED) is 0.647. The first-order valence-corrected chi connectivity index (χ1v) is 5.84. The second-order valence-electron chi connectivity index (χ2n) is 4.90. The highest BCUT2D eigenvalue weighted by molar-refractivity contribution is 5.72. The molecule has 0 aliphatic rings. The Kier molecular flexibility index (Phi) is 7.34. The summed E-state index contributed by atoms with van der Waals surface area (Å²) in [6.07, 6.45) is -0.0269. The van der Waals surface area contributed by atoms with Crippen LogP contribution in [0, 0.1) is 17.8 Å². The zero-order valence-electron chi connectivity index (χ0n) is 10.6. The minimum Gasteiger partial charge on any atom is -0.457 e. The summed E-state index contributed by atoms with van der Waals surface area (Å²) < 4.78 is 5.03. The molecule has 16 heavy (non-hydrogen) atoms. The number of esters is 1. The average Bonchev–Trinajstić information content (AvgIpc) is 2.21. The first kappa shape index (κ1) is 15.4. The fourth-order valence-corrected chi connectivity index (χ4v) is 1.53. The van der Waals surface area contributed by atoms with Crippen LogP contribution in [0.25, 0.3) is 0 Å². The van der Waals surface area contributed by atoms with E-state index in [2.05, 4.69) is 13.8 Å². The summed E-state index contributed by atoms with van der Waals surface area (Å²) in [6, 6.07) is 0. The summed E-state index contributed by atoms with van der Waals surface area (Å²) >= 11 is 0. The van der Waals surface area contributed by atoms with E-state index in [4.69, 9.17) is 14.9 Å². The summed E-state index contributed by atoms with van der Waals surface area (Å²) in [7, 11) is 0. The highest BCUT2D eigenvalue weighted by atomic mass is 16.6. The van der Waals surface area contributed by atoms with E-state index in [-0.39, 0.29) is 31.0 Å². The third-order valence-corrected chi connectivity index (χ3v) is 2.52. The van der Waals surface area contributed by atoms with Gasteiger partial charge in [0.2, 0.25) is 0 Å². The van der Waals surface area contributed by atoms with Crippen LogP contribution in [0.2, 0.25) is 0 Å². The second-order valence-corrected chi connectivity index (χ2v) is 4.90. The molecule has 0 aliphatic heterocycles. The fraction of sp³-hybridized carbons (Fsp3) is 0.917. The standard InChI is InChI=1S/C12H24O4/c1-8(2)5-11(9(3)4)12(15)16-10(6-13)7-14/h8-11,13-14H,5-7H2,1-4H3. The number of aliphatic hydroxyl groups excluding tert-OH is 2. The van der Waals surface area contributed by atoms with Gasteiger partial charge in [-0.1, -0.05) is 27.7 Å².